The minimum Gasteiger partial charge on any atom is -0.382 e. The summed E-state index contributed by atoms with van der Waals surface area (Å²) >= 11 is 0. The fourth-order valence-corrected chi connectivity index (χ4v) is 2.39. The molecule has 0 atom stereocenters. The molecule has 1 aromatic carbocycles. The van der Waals surface area contributed by atoms with Crippen LogP contribution in [0.2, 0.25) is 0 Å². The summed E-state index contributed by atoms with van der Waals surface area (Å²) in [7, 11) is 0. The quantitative estimate of drug-likeness (QED) is 0.828. The molecule has 96 valence electrons. The Kier molecular flexibility index (Phi) is 3.97. The van der Waals surface area contributed by atoms with E-state index >= 15 is 0 Å². The van der Waals surface area contributed by atoms with Crippen molar-refractivity contribution in [2.45, 2.75) is 44.6 Å². The lowest BCUT2D eigenvalue weighted by molar-refractivity contribution is -0.135. The van der Waals surface area contributed by atoms with Gasteiger partial charge in [0.25, 0.3) is 0 Å². The Morgan fingerprint density at radius 1 is 1.17 bits per heavy atom. The van der Waals surface area contributed by atoms with Gasteiger partial charge in [0.15, 0.2) is 5.78 Å². The van der Waals surface area contributed by atoms with Crippen molar-refractivity contribution in [1.29, 1.82) is 0 Å². The fraction of sp³-hybridized carbons (Fsp3) is 0.438. The van der Waals surface area contributed by atoms with Gasteiger partial charge in [-0.3, -0.25) is 4.79 Å². The largest absolute Gasteiger partial charge is 0.382 e. The molecule has 0 spiro atoms. The average molecular weight is 244 g/mol. The van der Waals surface area contributed by atoms with Gasteiger partial charge in [0, 0.05) is 0 Å². The zero-order chi connectivity index (χ0) is 13.0. The van der Waals surface area contributed by atoms with E-state index in [2.05, 4.69) is 0 Å². The van der Waals surface area contributed by atoms with E-state index in [4.69, 9.17) is 0 Å². The predicted molar refractivity (Wildman–Crippen MR) is 73.3 cm³/mol. The number of benzene rings is 1. The standard InChI is InChI=1S/C16H20O2/c1-13-5-7-14(8-6-13)9-10-15(17)16(18)11-3-2-4-12-16/h5-10,18H,2-4,11-12H2,1H3/b10-9+. The summed E-state index contributed by atoms with van der Waals surface area (Å²) in [6.07, 6.45) is 7.52. The number of aryl methyl sites for hydroxylation is 1. The highest BCUT2D eigenvalue weighted by atomic mass is 16.3. The van der Waals surface area contributed by atoms with Crippen molar-refractivity contribution >= 4 is 11.9 Å². The minimum absolute atomic E-state index is 0.150. The first-order chi connectivity index (χ1) is 8.60. The van der Waals surface area contributed by atoms with Crippen LogP contribution in [0.3, 0.4) is 0 Å². The molecule has 0 heterocycles. The molecule has 1 aliphatic carbocycles. The van der Waals surface area contributed by atoms with Crippen LogP contribution in [-0.4, -0.2) is 16.5 Å². The SMILES string of the molecule is Cc1ccc(/C=C/C(=O)C2(O)CCCCC2)cc1. The summed E-state index contributed by atoms with van der Waals surface area (Å²) in [6, 6.07) is 7.98. The monoisotopic (exact) mass is 244 g/mol. The first-order valence-corrected chi connectivity index (χ1v) is 6.62. The van der Waals surface area contributed by atoms with Gasteiger partial charge in [-0.05, 0) is 31.4 Å². The molecule has 2 rings (SSSR count). The van der Waals surface area contributed by atoms with E-state index < -0.39 is 5.60 Å². The molecule has 0 amide bonds. The molecule has 0 unspecified atom stereocenters. The van der Waals surface area contributed by atoms with E-state index in [0.29, 0.717) is 12.8 Å². The Hall–Kier alpha value is -1.41. The summed E-state index contributed by atoms with van der Waals surface area (Å²) < 4.78 is 0. The van der Waals surface area contributed by atoms with Gasteiger partial charge in [-0.2, -0.15) is 0 Å². The van der Waals surface area contributed by atoms with Crippen molar-refractivity contribution in [3.8, 4) is 0 Å². The predicted octanol–water partition coefficient (Wildman–Crippen LogP) is 3.27. The molecule has 0 bridgehead atoms. The maximum Gasteiger partial charge on any atom is 0.187 e. The molecule has 1 aliphatic rings. The highest BCUT2D eigenvalue weighted by molar-refractivity contribution is 5.99. The van der Waals surface area contributed by atoms with Crippen LogP contribution in [0, 0.1) is 6.92 Å². The zero-order valence-corrected chi connectivity index (χ0v) is 10.9. The first kappa shape index (κ1) is 13.0. The third kappa shape index (κ3) is 3.08. The van der Waals surface area contributed by atoms with Crippen LogP contribution in [0.15, 0.2) is 30.3 Å². The van der Waals surface area contributed by atoms with E-state index in [9.17, 15) is 9.90 Å². The smallest absolute Gasteiger partial charge is 0.187 e. The van der Waals surface area contributed by atoms with Crippen LogP contribution in [0.25, 0.3) is 6.08 Å². The molecular weight excluding hydrogens is 224 g/mol. The van der Waals surface area contributed by atoms with Gasteiger partial charge in [-0.25, -0.2) is 0 Å². The normalized spacial score (nSPS) is 19.0. The van der Waals surface area contributed by atoms with E-state index in [1.807, 2.05) is 31.2 Å². The molecule has 1 N–H and O–H groups in total. The minimum atomic E-state index is -1.11. The van der Waals surface area contributed by atoms with Crippen molar-refractivity contribution in [1.82, 2.24) is 0 Å². The molecule has 1 fully saturated rings. The van der Waals surface area contributed by atoms with Crippen LogP contribution in [-0.2, 0) is 4.79 Å². The second-order valence-electron chi connectivity index (χ2n) is 5.20. The maximum absolute atomic E-state index is 12.0. The summed E-state index contributed by atoms with van der Waals surface area (Å²) in [5, 5.41) is 10.3. The molecule has 2 heteroatoms. The van der Waals surface area contributed by atoms with Crippen molar-refractivity contribution in [2.24, 2.45) is 0 Å². The van der Waals surface area contributed by atoms with Crippen LogP contribution < -0.4 is 0 Å². The molecule has 0 radical (unpaired) electrons. The number of ketones is 1. The third-order valence-electron chi connectivity index (χ3n) is 3.64. The Bertz CT molecular complexity index is 437. The van der Waals surface area contributed by atoms with Gasteiger partial charge in [-0.1, -0.05) is 55.2 Å². The van der Waals surface area contributed by atoms with E-state index in [0.717, 1.165) is 24.8 Å². The summed E-state index contributed by atoms with van der Waals surface area (Å²) in [6.45, 7) is 2.03. The Balaban J connectivity index is 2.04. The molecule has 18 heavy (non-hydrogen) atoms. The Labute approximate surface area is 108 Å². The Morgan fingerprint density at radius 2 is 1.78 bits per heavy atom. The lowest BCUT2D eigenvalue weighted by atomic mass is 9.81. The first-order valence-electron chi connectivity index (χ1n) is 6.62. The van der Waals surface area contributed by atoms with E-state index in [-0.39, 0.29) is 5.78 Å². The van der Waals surface area contributed by atoms with Gasteiger partial charge in [-0.15, -0.1) is 0 Å². The highest BCUT2D eigenvalue weighted by Crippen LogP contribution is 2.29. The third-order valence-corrected chi connectivity index (χ3v) is 3.64. The molecule has 1 saturated carbocycles. The second kappa shape index (κ2) is 5.49. The lowest BCUT2D eigenvalue weighted by Crippen LogP contribution is -2.39. The topological polar surface area (TPSA) is 37.3 Å². The number of rotatable bonds is 3. The van der Waals surface area contributed by atoms with Crippen molar-refractivity contribution < 1.29 is 9.90 Å². The van der Waals surface area contributed by atoms with Gasteiger partial charge in [0.1, 0.15) is 5.60 Å². The zero-order valence-electron chi connectivity index (χ0n) is 10.9. The highest BCUT2D eigenvalue weighted by Gasteiger charge is 2.34. The second-order valence-corrected chi connectivity index (χ2v) is 5.20. The number of hydrogen-bond acceptors (Lipinski definition) is 2. The lowest BCUT2D eigenvalue weighted by Gasteiger charge is -2.29. The van der Waals surface area contributed by atoms with Crippen molar-refractivity contribution in [3.05, 3.63) is 41.5 Å². The van der Waals surface area contributed by atoms with Crippen molar-refractivity contribution in [2.75, 3.05) is 0 Å². The molecular formula is C16H20O2. The number of aliphatic hydroxyl groups is 1. The average Bonchev–Trinajstić information content (AvgIpc) is 2.38. The van der Waals surface area contributed by atoms with Crippen LogP contribution in [0.4, 0.5) is 0 Å². The fourth-order valence-electron chi connectivity index (χ4n) is 2.39. The van der Waals surface area contributed by atoms with Gasteiger partial charge in [0.05, 0.1) is 0 Å². The van der Waals surface area contributed by atoms with Gasteiger partial charge < -0.3 is 5.11 Å². The molecule has 0 aliphatic heterocycles. The van der Waals surface area contributed by atoms with E-state index in [1.54, 1.807) is 6.08 Å². The number of carbonyl (C=O) groups excluding carboxylic acids is 1. The van der Waals surface area contributed by atoms with Gasteiger partial charge in [0.2, 0.25) is 0 Å². The van der Waals surface area contributed by atoms with Crippen LogP contribution >= 0.6 is 0 Å². The summed E-state index contributed by atoms with van der Waals surface area (Å²) in [4.78, 5) is 12.0. The molecule has 0 aromatic heterocycles. The van der Waals surface area contributed by atoms with E-state index in [1.165, 1.54) is 11.6 Å². The van der Waals surface area contributed by atoms with Gasteiger partial charge >= 0.3 is 0 Å². The van der Waals surface area contributed by atoms with Crippen LogP contribution in [0.5, 0.6) is 0 Å². The summed E-state index contributed by atoms with van der Waals surface area (Å²) in [5.74, 6) is -0.150. The summed E-state index contributed by atoms with van der Waals surface area (Å²) in [5.41, 5.74) is 1.08. The Morgan fingerprint density at radius 3 is 2.39 bits per heavy atom. The maximum atomic E-state index is 12.0. The molecule has 1 aromatic rings. The number of hydrogen-bond donors (Lipinski definition) is 1. The molecule has 2 nitrogen and oxygen atoms in total. The molecule has 0 saturated heterocycles. The van der Waals surface area contributed by atoms with Crippen LogP contribution in [0.1, 0.15) is 43.2 Å². The number of carbonyl (C=O) groups is 1. The van der Waals surface area contributed by atoms with Crippen molar-refractivity contribution in [3.63, 3.8) is 0 Å².